The molecule has 0 aliphatic carbocycles. The molecule has 67 heavy (non-hydrogen) atoms. The van der Waals surface area contributed by atoms with Crippen LogP contribution in [-0.4, -0.2) is 128 Å². The van der Waals surface area contributed by atoms with Crippen LogP contribution in [0.5, 0.6) is 5.75 Å². The lowest BCUT2D eigenvalue weighted by molar-refractivity contribution is -0.145. The molecule has 2 heterocycles. The number of phenols is 1. The number of aromatic amines is 1. The van der Waals surface area contributed by atoms with Gasteiger partial charge in [0.25, 0.3) is 0 Å². The topological polar surface area (TPSA) is 342 Å². The van der Waals surface area contributed by atoms with Crippen LogP contribution >= 0.6 is 0 Å². The molecule has 0 unspecified atom stereocenters. The number of carbonyl (C=O) groups excluding carboxylic acids is 6. The largest absolute Gasteiger partial charge is 0.508 e. The van der Waals surface area contributed by atoms with Gasteiger partial charge in [-0.3, -0.25) is 33.8 Å². The minimum absolute atomic E-state index is 0.0210. The van der Waals surface area contributed by atoms with Gasteiger partial charge in [0.15, 0.2) is 5.96 Å². The van der Waals surface area contributed by atoms with Gasteiger partial charge in [-0.05, 0) is 67.2 Å². The van der Waals surface area contributed by atoms with Crippen molar-refractivity contribution in [2.24, 2.45) is 34.0 Å². The number of H-pyrrole nitrogens is 1. The average Bonchev–Trinajstić information content (AvgIpc) is 3.99. The number of aromatic nitrogens is 2. The number of phenolic OH excluding ortho intramolecular Hbond substituents is 1. The quantitative estimate of drug-likeness (QED) is 0.0297. The molecule has 21 nitrogen and oxygen atoms in total. The van der Waals surface area contributed by atoms with E-state index in [1.807, 2.05) is 13.8 Å². The van der Waals surface area contributed by atoms with E-state index in [0.29, 0.717) is 29.7 Å². The van der Waals surface area contributed by atoms with Crippen molar-refractivity contribution >= 4 is 47.4 Å². The molecule has 1 aliphatic rings. The molecule has 364 valence electrons. The molecule has 0 spiro atoms. The Balaban J connectivity index is 1.55. The van der Waals surface area contributed by atoms with E-state index in [1.54, 1.807) is 56.3 Å². The highest BCUT2D eigenvalue weighted by Gasteiger charge is 2.40. The number of likely N-dealkylation sites (tertiary alicyclic amines) is 1. The van der Waals surface area contributed by atoms with Gasteiger partial charge in [-0.15, -0.1) is 0 Å². The third-order valence-electron chi connectivity index (χ3n) is 11.2. The number of aromatic hydroxyl groups is 1. The van der Waals surface area contributed by atoms with Crippen molar-refractivity contribution in [2.45, 2.75) is 121 Å². The minimum Gasteiger partial charge on any atom is -0.508 e. The van der Waals surface area contributed by atoms with Gasteiger partial charge in [0, 0.05) is 44.2 Å². The van der Waals surface area contributed by atoms with Crippen molar-refractivity contribution in [3.8, 4) is 5.75 Å². The van der Waals surface area contributed by atoms with Crippen molar-refractivity contribution in [1.82, 2.24) is 41.5 Å². The lowest BCUT2D eigenvalue weighted by atomic mass is 9.98. The van der Waals surface area contributed by atoms with Crippen LogP contribution in [0.25, 0.3) is 0 Å². The zero-order valence-corrected chi connectivity index (χ0v) is 38.4. The summed E-state index contributed by atoms with van der Waals surface area (Å²) in [4.78, 5) is 108. The van der Waals surface area contributed by atoms with E-state index in [0.717, 1.165) is 0 Å². The summed E-state index contributed by atoms with van der Waals surface area (Å²) in [6.45, 7) is 7.52. The molecule has 1 saturated heterocycles. The van der Waals surface area contributed by atoms with Gasteiger partial charge in [0.2, 0.25) is 35.4 Å². The molecule has 2 aromatic carbocycles. The van der Waals surface area contributed by atoms with Crippen molar-refractivity contribution in [2.75, 3.05) is 13.1 Å². The van der Waals surface area contributed by atoms with Crippen LogP contribution in [0.4, 0.5) is 0 Å². The maximum Gasteiger partial charge on any atom is 0.326 e. The Bertz CT molecular complexity index is 2150. The molecule has 14 N–H and O–H groups in total. The Labute approximate surface area is 389 Å². The van der Waals surface area contributed by atoms with E-state index >= 15 is 0 Å². The number of hydrogen-bond donors (Lipinski definition) is 11. The normalized spacial score (nSPS) is 16.2. The third-order valence-corrected chi connectivity index (χ3v) is 11.2. The molecule has 0 saturated carbocycles. The zero-order chi connectivity index (χ0) is 49.2. The van der Waals surface area contributed by atoms with Gasteiger partial charge in [-0.25, -0.2) is 9.78 Å². The second-order valence-electron chi connectivity index (χ2n) is 17.5. The van der Waals surface area contributed by atoms with Crippen LogP contribution in [0.15, 0.2) is 72.1 Å². The van der Waals surface area contributed by atoms with E-state index in [9.17, 15) is 43.8 Å². The number of aliphatic carboxylic acids is 1. The van der Waals surface area contributed by atoms with Gasteiger partial charge in [0.05, 0.1) is 12.4 Å². The minimum atomic E-state index is -1.30. The van der Waals surface area contributed by atoms with Gasteiger partial charge in [-0.1, -0.05) is 70.2 Å². The Kier molecular flexibility index (Phi) is 20.1. The summed E-state index contributed by atoms with van der Waals surface area (Å²) >= 11 is 0. The van der Waals surface area contributed by atoms with E-state index in [-0.39, 0.29) is 69.2 Å². The smallest absolute Gasteiger partial charge is 0.326 e. The maximum atomic E-state index is 14.5. The number of guanidine groups is 1. The monoisotopic (exact) mass is 931 g/mol. The molecule has 1 aliphatic heterocycles. The summed E-state index contributed by atoms with van der Waals surface area (Å²) in [6, 6.07) is 6.65. The summed E-state index contributed by atoms with van der Waals surface area (Å²) in [5.74, 6) is -5.95. The first-order valence-electron chi connectivity index (χ1n) is 22.5. The Morgan fingerprint density at radius 3 is 2.03 bits per heavy atom. The highest BCUT2D eigenvalue weighted by molar-refractivity contribution is 5.97. The summed E-state index contributed by atoms with van der Waals surface area (Å²) < 4.78 is 0. The maximum absolute atomic E-state index is 14.5. The van der Waals surface area contributed by atoms with Crippen LogP contribution in [0.3, 0.4) is 0 Å². The van der Waals surface area contributed by atoms with Gasteiger partial charge in [0.1, 0.15) is 42.0 Å². The van der Waals surface area contributed by atoms with Crippen LogP contribution < -0.4 is 43.8 Å². The molecule has 3 aromatic rings. The van der Waals surface area contributed by atoms with Crippen molar-refractivity contribution in [3.63, 3.8) is 0 Å². The van der Waals surface area contributed by atoms with E-state index in [4.69, 9.17) is 17.2 Å². The summed E-state index contributed by atoms with van der Waals surface area (Å²) in [6.07, 6.45) is 4.23. The summed E-state index contributed by atoms with van der Waals surface area (Å²) in [5, 5.41) is 33.5. The Hall–Kier alpha value is -7.03. The van der Waals surface area contributed by atoms with Crippen LogP contribution in [-0.2, 0) is 52.8 Å². The number of benzene rings is 2. The molecule has 1 fully saturated rings. The van der Waals surface area contributed by atoms with Gasteiger partial charge >= 0.3 is 5.97 Å². The number of nitrogens with two attached hydrogens (primary N) is 3. The average molecular weight is 931 g/mol. The zero-order valence-electron chi connectivity index (χ0n) is 38.4. The number of hydrogen-bond acceptors (Lipinski definition) is 11. The molecular weight excluding hydrogens is 865 g/mol. The van der Waals surface area contributed by atoms with Crippen LogP contribution in [0, 0.1) is 11.8 Å². The van der Waals surface area contributed by atoms with Gasteiger partial charge in [-0.2, -0.15) is 0 Å². The fourth-order valence-electron chi connectivity index (χ4n) is 7.67. The fraction of sp³-hybridized carbons (Fsp3) is 0.500. The molecular formula is C46H66N12O9. The number of carboxylic acid groups (broad SMARTS) is 1. The van der Waals surface area contributed by atoms with E-state index < -0.39 is 89.6 Å². The molecule has 7 atom stereocenters. The standard InChI is InChI=1S/C46H66N12O9/c1-26(2)20-33(53-41(62)34(21-29-14-16-31(59)17-15-29)54-43(64)38(27(3)4)57-39(60)32(47)12-8-18-51-46(48)49)40(61)55-35(23-30-24-50-25-52-30)44(65)58-19-9-13-37(58)42(63)56-36(45(66)67)22-28-10-6-5-7-11-28/h5-7,10-11,14-17,24-27,32-38,59H,8-9,12-13,18-23,47H2,1-4H3,(H,50,52)(H,53,62)(H,54,64)(H,55,61)(H,56,63)(H,57,60)(H,66,67)(H4,48,49,51)/t32-,33-,34-,35-,36-,37-,38-/m0/s1. The second kappa shape index (κ2) is 25.6. The molecule has 4 rings (SSSR count). The number of carboxylic acids is 1. The summed E-state index contributed by atoms with van der Waals surface area (Å²) in [7, 11) is 0. The Morgan fingerprint density at radius 1 is 0.791 bits per heavy atom. The first-order valence-corrected chi connectivity index (χ1v) is 22.5. The highest BCUT2D eigenvalue weighted by atomic mass is 16.4. The molecule has 6 amide bonds. The van der Waals surface area contributed by atoms with Crippen molar-refractivity contribution in [3.05, 3.63) is 83.9 Å². The number of nitrogens with one attached hydrogen (secondary N) is 6. The molecule has 0 radical (unpaired) electrons. The second-order valence-corrected chi connectivity index (χ2v) is 17.5. The first-order chi connectivity index (χ1) is 31.8. The first kappa shape index (κ1) is 52.6. The van der Waals surface area contributed by atoms with E-state index in [1.165, 1.54) is 29.6 Å². The summed E-state index contributed by atoms with van der Waals surface area (Å²) in [5.41, 5.74) is 18.6. The third kappa shape index (κ3) is 16.7. The van der Waals surface area contributed by atoms with Crippen LogP contribution in [0.2, 0.25) is 0 Å². The highest BCUT2D eigenvalue weighted by Crippen LogP contribution is 2.21. The van der Waals surface area contributed by atoms with Crippen LogP contribution in [0.1, 0.15) is 76.6 Å². The van der Waals surface area contributed by atoms with Crippen molar-refractivity contribution < 1.29 is 43.8 Å². The number of rotatable bonds is 25. The molecule has 0 bridgehead atoms. The predicted octanol–water partition coefficient (Wildman–Crippen LogP) is -0.274. The number of imidazole rings is 1. The molecule has 21 heteroatoms. The SMILES string of the molecule is CC(C)C[C@H](NC(=O)[C@H](Cc1ccc(O)cc1)NC(=O)[C@@H](NC(=O)[C@@H](N)CCCN=C(N)N)C(C)C)C(=O)N[C@@H](Cc1cnc[nH]1)C(=O)N1CCC[C@H]1C(=O)N[C@@H](Cc1ccccc1)C(=O)O. The van der Waals surface area contributed by atoms with Gasteiger partial charge < -0.3 is 63.9 Å². The number of aliphatic imine (C=N–C) groups is 1. The lowest BCUT2D eigenvalue weighted by Crippen LogP contribution is -2.61. The van der Waals surface area contributed by atoms with Crippen molar-refractivity contribution in [1.29, 1.82) is 0 Å². The number of carbonyl (C=O) groups is 7. The Morgan fingerprint density at radius 2 is 1.42 bits per heavy atom. The number of amides is 6. The molecule has 1 aromatic heterocycles. The fourth-order valence-corrected chi connectivity index (χ4v) is 7.67. The predicted molar refractivity (Wildman–Crippen MR) is 248 cm³/mol. The number of nitrogens with zero attached hydrogens (tertiary/aromatic N) is 3. The lowest BCUT2D eigenvalue weighted by Gasteiger charge is -2.31. The van der Waals surface area contributed by atoms with E-state index in [2.05, 4.69) is 41.5 Å².